The second kappa shape index (κ2) is 27.5. The van der Waals surface area contributed by atoms with Crippen LogP contribution in [0.1, 0.15) is 159 Å². The van der Waals surface area contributed by atoms with Crippen molar-refractivity contribution in [2.45, 2.75) is 159 Å². The van der Waals surface area contributed by atoms with Crippen molar-refractivity contribution in [3.63, 3.8) is 0 Å². The molecule has 0 saturated heterocycles. The monoisotopic (exact) mass is 648 g/mol. The number of hydrogen-bond donors (Lipinski definition) is 0. The molecule has 0 rings (SSSR count). The van der Waals surface area contributed by atoms with Gasteiger partial charge >= 0.3 is 0 Å². The molecular weight excluding hydrogens is 589 g/mol. The lowest BCUT2D eigenvalue weighted by atomic mass is 9.44. The first-order valence-electron chi connectivity index (χ1n) is 18.5. The summed E-state index contributed by atoms with van der Waals surface area (Å²) < 4.78 is 0. The van der Waals surface area contributed by atoms with Gasteiger partial charge in [0.2, 0.25) is 0 Å². The minimum atomic E-state index is -1.04. The molecule has 0 heteroatoms. The van der Waals surface area contributed by atoms with E-state index in [4.69, 9.17) is 6.42 Å². The van der Waals surface area contributed by atoms with Crippen LogP contribution in [0.25, 0.3) is 0 Å². The first-order valence-corrected chi connectivity index (χ1v) is 18.5. The van der Waals surface area contributed by atoms with Gasteiger partial charge in [0.1, 0.15) is 5.41 Å². The average molecular weight is 649 g/mol. The van der Waals surface area contributed by atoms with Crippen molar-refractivity contribution >= 4 is 0 Å². The van der Waals surface area contributed by atoms with Crippen LogP contribution in [-0.4, -0.2) is 0 Å². The van der Waals surface area contributed by atoms with Gasteiger partial charge in [0.25, 0.3) is 0 Å². The van der Waals surface area contributed by atoms with Crippen molar-refractivity contribution in [1.82, 2.24) is 0 Å². The molecule has 0 spiro atoms. The Morgan fingerprint density at radius 2 is 1.31 bits per heavy atom. The van der Waals surface area contributed by atoms with E-state index in [1.54, 1.807) is 6.92 Å². The van der Waals surface area contributed by atoms with Crippen LogP contribution in [-0.2, 0) is 0 Å². The van der Waals surface area contributed by atoms with Gasteiger partial charge in [0.15, 0.2) is 0 Å². The topological polar surface area (TPSA) is 0 Å². The van der Waals surface area contributed by atoms with E-state index in [1.165, 1.54) is 0 Å². The molecule has 0 aromatic rings. The molecule has 0 saturated carbocycles. The fourth-order valence-electron chi connectivity index (χ4n) is 5.64. The van der Waals surface area contributed by atoms with Gasteiger partial charge in [0, 0.05) is 69.6 Å². The molecule has 0 N–H and O–H groups in total. The lowest BCUT2D eigenvalue weighted by Crippen LogP contribution is -2.55. The van der Waals surface area contributed by atoms with Crippen molar-refractivity contribution < 1.29 is 0 Å². The van der Waals surface area contributed by atoms with Crippen molar-refractivity contribution in [3.05, 3.63) is 0 Å². The van der Waals surface area contributed by atoms with Gasteiger partial charge < -0.3 is 0 Å². The number of terminal acetylenes is 1. The standard InChI is InChI=1S/C49H60/c1-11-19-27-29-35-46(36-30-28-20-12-2)48(41-32-22-14-4,44-37-45(9)10)49(42-33-23-15-5,43-34-24-16-6)47(38-25-17-7,39-26-18-8)40-31-21-13-3/h4,45-46H,11-12,15-17,19-20,22-23,27,32,36,39,41,43H2,1-3,5-10H3. The highest BCUT2D eigenvalue weighted by Crippen LogP contribution is 2.61. The van der Waals surface area contributed by atoms with Gasteiger partial charge in [0.05, 0.1) is 10.8 Å². The summed E-state index contributed by atoms with van der Waals surface area (Å²) in [7, 11) is 0. The Kier molecular flexibility index (Phi) is 25.1. The van der Waals surface area contributed by atoms with Crippen molar-refractivity contribution in [2.75, 3.05) is 0 Å². The fraction of sp³-hybridized carbons (Fsp3) is 0.592. The van der Waals surface area contributed by atoms with Crippen LogP contribution in [0.15, 0.2) is 0 Å². The highest BCUT2D eigenvalue weighted by Gasteiger charge is 2.63. The molecule has 0 aliphatic rings. The average Bonchev–Trinajstić information content (AvgIpc) is 3.10. The zero-order chi connectivity index (χ0) is 36.7. The highest BCUT2D eigenvalue weighted by atomic mass is 14.6. The molecule has 0 nitrogen and oxygen atoms in total. The highest BCUT2D eigenvalue weighted by molar-refractivity contribution is 5.49. The molecule has 0 bridgehead atoms. The van der Waals surface area contributed by atoms with E-state index in [0.717, 1.165) is 57.8 Å². The Morgan fingerprint density at radius 1 is 0.571 bits per heavy atom. The third kappa shape index (κ3) is 14.7. The van der Waals surface area contributed by atoms with Crippen LogP contribution < -0.4 is 0 Å². The Hall–Kier alpha value is -4.40. The molecule has 0 aliphatic carbocycles. The molecule has 0 aliphatic heterocycles. The maximum absolute atomic E-state index is 5.92. The fourth-order valence-corrected chi connectivity index (χ4v) is 5.64. The molecule has 0 radical (unpaired) electrons. The molecule has 0 fully saturated rings. The summed E-state index contributed by atoms with van der Waals surface area (Å²) in [6.07, 6.45) is 17.1. The first kappa shape index (κ1) is 44.6. The smallest absolute Gasteiger partial charge is 0.120 e. The van der Waals surface area contributed by atoms with E-state index in [1.807, 2.05) is 6.92 Å². The molecule has 0 aromatic carbocycles. The molecular formula is C49H60. The molecule has 4 unspecified atom stereocenters. The van der Waals surface area contributed by atoms with Crippen molar-refractivity contribution in [3.8, 4) is 119 Å². The van der Waals surface area contributed by atoms with E-state index in [2.05, 4.69) is 161 Å². The van der Waals surface area contributed by atoms with Crippen LogP contribution >= 0.6 is 0 Å². The Balaban J connectivity index is 9.33. The first-order chi connectivity index (χ1) is 23.8. The molecule has 0 heterocycles. The SMILES string of the molecule is C#CCCCC(C#CC(C)C)(C(C#CCCCC)CC#CCCC)C(C#CCCC)(CC#CCC)C(C#CC#CC)(C#CCC)CC#CC. The Labute approximate surface area is 304 Å². The largest absolute Gasteiger partial charge is 0.123 e. The van der Waals surface area contributed by atoms with Crippen LogP contribution in [0.2, 0.25) is 0 Å². The molecule has 49 heavy (non-hydrogen) atoms. The lowest BCUT2D eigenvalue weighted by molar-refractivity contribution is 0.0355. The summed E-state index contributed by atoms with van der Waals surface area (Å²) in [5.41, 5.74) is -2.87. The minimum absolute atomic E-state index is 0.110. The third-order valence-corrected chi connectivity index (χ3v) is 8.10. The van der Waals surface area contributed by atoms with E-state index >= 15 is 0 Å². The minimum Gasteiger partial charge on any atom is -0.120 e. The normalized spacial score (nSPS) is 13.3. The van der Waals surface area contributed by atoms with Crippen LogP contribution in [0.5, 0.6) is 0 Å². The van der Waals surface area contributed by atoms with E-state index in [-0.39, 0.29) is 11.8 Å². The summed E-state index contributed by atoms with van der Waals surface area (Å²) in [4.78, 5) is 0. The third-order valence-electron chi connectivity index (χ3n) is 8.10. The second-order valence-electron chi connectivity index (χ2n) is 12.4. The maximum atomic E-state index is 5.92. The zero-order valence-electron chi connectivity index (χ0n) is 32.3. The van der Waals surface area contributed by atoms with Crippen LogP contribution in [0.3, 0.4) is 0 Å². The van der Waals surface area contributed by atoms with E-state index < -0.39 is 16.2 Å². The summed E-state index contributed by atoms with van der Waals surface area (Å²) >= 11 is 0. The zero-order valence-corrected chi connectivity index (χ0v) is 32.3. The van der Waals surface area contributed by atoms with Gasteiger partial charge in [-0.05, 0) is 57.8 Å². The van der Waals surface area contributed by atoms with Gasteiger partial charge in [-0.2, -0.15) is 0 Å². The Morgan fingerprint density at radius 3 is 1.92 bits per heavy atom. The molecule has 4 atom stereocenters. The van der Waals surface area contributed by atoms with Crippen LogP contribution in [0, 0.1) is 147 Å². The number of hydrogen-bond acceptors (Lipinski definition) is 0. The van der Waals surface area contributed by atoms with Crippen LogP contribution in [0.4, 0.5) is 0 Å². The second-order valence-corrected chi connectivity index (χ2v) is 12.4. The maximum Gasteiger partial charge on any atom is 0.123 e. The van der Waals surface area contributed by atoms with E-state index in [9.17, 15) is 0 Å². The van der Waals surface area contributed by atoms with Gasteiger partial charge in [-0.3, -0.25) is 0 Å². The molecule has 0 aromatic heterocycles. The quantitative estimate of drug-likeness (QED) is 0.138. The summed E-state index contributed by atoms with van der Waals surface area (Å²) in [5.74, 6) is 65.7. The molecule has 0 amide bonds. The van der Waals surface area contributed by atoms with E-state index in [0.29, 0.717) is 38.5 Å². The van der Waals surface area contributed by atoms with Gasteiger partial charge in [-0.1, -0.05) is 96.3 Å². The lowest BCUT2D eigenvalue weighted by Gasteiger charge is -2.53. The predicted octanol–water partition coefficient (Wildman–Crippen LogP) is 10.9. The summed E-state index contributed by atoms with van der Waals surface area (Å²) in [5, 5.41) is 0. The number of rotatable bonds is 13. The van der Waals surface area contributed by atoms with Gasteiger partial charge in [-0.15, -0.1) is 65.6 Å². The Bertz CT molecular complexity index is 1620. The number of unbranched alkanes of at least 4 members (excludes halogenated alkanes) is 5. The van der Waals surface area contributed by atoms with Gasteiger partial charge in [-0.25, -0.2) is 0 Å². The summed E-state index contributed by atoms with van der Waals surface area (Å²) in [6.45, 7) is 18.6. The van der Waals surface area contributed by atoms with Crippen molar-refractivity contribution in [1.29, 1.82) is 0 Å². The molecule has 256 valence electrons. The van der Waals surface area contributed by atoms with Crippen molar-refractivity contribution in [2.24, 2.45) is 28.1 Å². The predicted molar refractivity (Wildman–Crippen MR) is 213 cm³/mol. The summed E-state index contributed by atoms with van der Waals surface area (Å²) in [6, 6.07) is 0.